The quantitative estimate of drug-likeness (QED) is 0.771. The largest absolute Gasteiger partial charge is 0.326 e. The van der Waals surface area contributed by atoms with E-state index in [2.05, 4.69) is 5.32 Å². The second kappa shape index (κ2) is 8.46. The predicted octanol–water partition coefficient (Wildman–Crippen LogP) is 3.76. The van der Waals surface area contributed by atoms with Crippen molar-refractivity contribution < 1.29 is 13.2 Å². The smallest absolute Gasteiger partial charge is 0.243 e. The van der Waals surface area contributed by atoms with Gasteiger partial charge in [-0.1, -0.05) is 23.8 Å². The van der Waals surface area contributed by atoms with Gasteiger partial charge >= 0.3 is 0 Å². The molecule has 0 aromatic heterocycles. The van der Waals surface area contributed by atoms with Crippen LogP contribution in [0.1, 0.15) is 18.4 Å². The van der Waals surface area contributed by atoms with E-state index in [9.17, 15) is 13.2 Å². The van der Waals surface area contributed by atoms with E-state index in [1.807, 2.05) is 37.4 Å². The normalized spacial score (nSPS) is 18.2. The van der Waals surface area contributed by atoms with Crippen molar-refractivity contribution in [2.45, 2.75) is 29.6 Å². The van der Waals surface area contributed by atoms with Crippen LogP contribution in [0.15, 0.2) is 58.3 Å². The Morgan fingerprint density at radius 3 is 2.63 bits per heavy atom. The Kier molecular flexibility index (Phi) is 6.24. The Bertz CT molecular complexity index is 911. The summed E-state index contributed by atoms with van der Waals surface area (Å²) in [5.74, 6) is -0.478. The second-order valence-electron chi connectivity index (χ2n) is 6.74. The third-order valence-electron chi connectivity index (χ3n) is 4.75. The highest BCUT2D eigenvalue weighted by atomic mass is 32.2. The molecule has 2 aromatic rings. The number of nitrogens with zero attached hydrogens (tertiary/aromatic N) is 1. The number of amides is 1. The lowest BCUT2D eigenvalue weighted by Gasteiger charge is -2.31. The summed E-state index contributed by atoms with van der Waals surface area (Å²) in [7, 11) is -3.58. The van der Waals surface area contributed by atoms with E-state index in [-0.39, 0.29) is 23.3 Å². The number of carbonyl (C=O) groups is 1. The number of hydrogen-bond acceptors (Lipinski definition) is 4. The zero-order valence-corrected chi connectivity index (χ0v) is 17.1. The molecule has 1 saturated heterocycles. The molecular weight excluding hydrogens is 380 g/mol. The van der Waals surface area contributed by atoms with Crippen molar-refractivity contribution in [1.29, 1.82) is 0 Å². The molecule has 0 aliphatic carbocycles. The molecule has 1 heterocycles. The third-order valence-corrected chi connectivity index (χ3v) is 7.36. The average molecular weight is 405 g/mol. The average Bonchev–Trinajstić information content (AvgIpc) is 2.68. The first-order valence-electron chi connectivity index (χ1n) is 8.92. The van der Waals surface area contributed by atoms with Gasteiger partial charge in [-0.3, -0.25) is 4.79 Å². The van der Waals surface area contributed by atoms with Crippen LogP contribution in [0.4, 0.5) is 5.69 Å². The molecule has 144 valence electrons. The van der Waals surface area contributed by atoms with E-state index in [1.165, 1.54) is 4.31 Å². The van der Waals surface area contributed by atoms with Crippen molar-refractivity contribution in [2.24, 2.45) is 5.92 Å². The number of piperidine rings is 1. The fourth-order valence-electron chi connectivity index (χ4n) is 3.18. The van der Waals surface area contributed by atoms with Gasteiger partial charge in [-0.15, -0.1) is 11.8 Å². The van der Waals surface area contributed by atoms with Crippen LogP contribution in [0.3, 0.4) is 0 Å². The molecule has 1 aliphatic rings. The van der Waals surface area contributed by atoms with Gasteiger partial charge in [0.25, 0.3) is 0 Å². The molecule has 7 heteroatoms. The van der Waals surface area contributed by atoms with Crippen LogP contribution in [0, 0.1) is 12.8 Å². The minimum atomic E-state index is -3.58. The Morgan fingerprint density at radius 2 is 1.93 bits per heavy atom. The number of anilines is 1. The molecule has 1 amide bonds. The monoisotopic (exact) mass is 404 g/mol. The summed E-state index contributed by atoms with van der Waals surface area (Å²) in [6.07, 6.45) is 3.35. The molecular formula is C20H24N2O3S2. The topological polar surface area (TPSA) is 66.5 Å². The van der Waals surface area contributed by atoms with Gasteiger partial charge in [0.05, 0.1) is 10.8 Å². The first kappa shape index (κ1) is 19.9. The summed E-state index contributed by atoms with van der Waals surface area (Å²) in [5.41, 5.74) is 1.75. The molecule has 3 rings (SSSR count). The van der Waals surface area contributed by atoms with E-state index in [1.54, 1.807) is 36.0 Å². The van der Waals surface area contributed by atoms with Gasteiger partial charge in [0.2, 0.25) is 15.9 Å². The minimum absolute atomic E-state index is 0.128. The molecule has 2 aromatic carbocycles. The number of sulfonamides is 1. The zero-order valence-electron chi connectivity index (χ0n) is 15.5. The minimum Gasteiger partial charge on any atom is -0.326 e. The Morgan fingerprint density at radius 1 is 1.19 bits per heavy atom. The van der Waals surface area contributed by atoms with E-state index in [0.29, 0.717) is 19.4 Å². The number of thioether (sulfide) groups is 1. The van der Waals surface area contributed by atoms with Crippen LogP contribution < -0.4 is 5.32 Å². The molecule has 0 spiro atoms. The molecule has 1 fully saturated rings. The zero-order chi connectivity index (χ0) is 19.4. The number of rotatable bonds is 5. The Hall–Kier alpha value is -1.83. The van der Waals surface area contributed by atoms with Crippen LogP contribution in [0.25, 0.3) is 0 Å². The van der Waals surface area contributed by atoms with E-state index in [0.717, 1.165) is 16.1 Å². The first-order chi connectivity index (χ1) is 12.9. The van der Waals surface area contributed by atoms with Gasteiger partial charge in [0.1, 0.15) is 0 Å². The fourth-order valence-corrected chi connectivity index (χ4v) is 5.16. The van der Waals surface area contributed by atoms with Crippen molar-refractivity contribution in [3.8, 4) is 0 Å². The molecule has 5 nitrogen and oxygen atoms in total. The van der Waals surface area contributed by atoms with Crippen LogP contribution >= 0.6 is 11.8 Å². The summed E-state index contributed by atoms with van der Waals surface area (Å²) < 4.78 is 27.2. The highest BCUT2D eigenvalue weighted by Gasteiger charge is 2.33. The maximum Gasteiger partial charge on any atom is 0.243 e. The van der Waals surface area contributed by atoms with Gasteiger partial charge in [0.15, 0.2) is 0 Å². The standard InChI is InChI=1S/C20H24N2O3S2/c1-15-8-10-19(11-9-15)27(24,25)22-12-4-5-16(14-22)20(23)21-17-6-3-7-18(13-17)26-2/h3,6-11,13,16H,4-5,12,14H2,1-2H3,(H,21,23)/t16-/m1/s1. The van der Waals surface area contributed by atoms with Gasteiger partial charge in [-0.2, -0.15) is 4.31 Å². The van der Waals surface area contributed by atoms with Crippen LogP contribution in [0.5, 0.6) is 0 Å². The number of aryl methyl sites for hydroxylation is 1. The SMILES string of the molecule is CSc1cccc(NC(=O)[C@@H]2CCCN(S(=O)(=O)c3ccc(C)cc3)C2)c1. The van der Waals surface area contributed by atoms with Crippen LogP contribution in [0.2, 0.25) is 0 Å². The summed E-state index contributed by atoms with van der Waals surface area (Å²) in [4.78, 5) is 14.0. The molecule has 1 atom stereocenters. The lowest BCUT2D eigenvalue weighted by Crippen LogP contribution is -2.43. The van der Waals surface area contributed by atoms with Crippen molar-refractivity contribution in [2.75, 3.05) is 24.7 Å². The molecule has 0 radical (unpaired) electrons. The maximum absolute atomic E-state index is 12.9. The summed E-state index contributed by atoms with van der Waals surface area (Å²) >= 11 is 1.61. The molecule has 1 N–H and O–H groups in total. The molecule has 27 heavy (non-hydrogen) atoms. The van der Waals surface area contributed by atoms with Gasteiger partial charge in [0, 0.05) is 23.7 Å². The lowest BCUT2D eigenvalue weighted by molar-refractivity contribution is -0.120. The van der Waals surface area contributed by atoms with E-state index < -0.39 is 10.0 Å². The van der Waals surface area contributed by atoms with E-state index >= 15 is 0 Å². The van der Waals surface area contributed by atoms with Crippen molar-refractivity contribution in [1.82, 2.24) is 4.31 Å². The lowest BCUT2D eigenvalue weighted by atomic mass is 9.99. The van der Waals surface area contributed by atoms with Crippen LogP contribution in [-0.2, 0) is 14.8 Å². The molecule has 0 unspecified atom stereocenters. The summed E-state index contributed by atoms with van der Waals surface area (Å²) in [6, 6.07) is 14.5. The summed E-state index contributed by atoms with van der Waals surface area (Å²) in [5, 5.41) is 2.93. The molecule has 0 bridgehead atoms. The Labute approximate surface area is 165 Å². The third kappa shape index (κ3) is 4.72. The number of hydrogen-bond donors (Lipinski definition) is 1. The fraction of sp³-hybridized carbons (Fsp3) is 0.350. The van der Waals surface area contributed by atoms with Crippen molar-refractivity contribution >= 4 is 33.4 Å². The predicted molar refractivity (Wildman–Crippen MR) is 110 cm³/mol. The highest BCUT2D eigenvalue weighted by Crippen LogP contribution is 2.26. The van der Waals surface area contributed by atoms with Gasteiger partial charge < -0.3 is 5.32 Å². The van der Waals surface area contributed by atoms with Crippen molar-refractivity contribution in [3.05, 3.63) is 54.1 Å². The second-order valence-corrected chi connectivity index (χ2v) is 9.55. The van der Waals surface area contributed by atoms with Gasteiger partial charge in [-0.25, -0.2) is 8.42 Å². The summed E-state index contributed by atoms with van der Waals surface area (Å²) in [6.45, 7) is 2.58. The molecule has 1 aliphatic heterocycles. The first-order valence-corrected chi connectivity index (χ1v) is 11.6. The molecule has 0 saturated carbocycles. The Balaban J connectivity index is 1.71. The van der Waals surface area contributed by atoms with Crippen molar-refractivity contribution in [3.63, 3.8) is 0 Å². The highest BCUT2D eigenvalue weighted by molar-refractivity contribution is 7.98. The maximum atomic E-state index is 12.9. The van der Waals surface area contributed by atoms with Crippen LogP contribution in [-0.4, -0.2) is 38.0 Å². The number of nitrogens with one attached hydrogen (secondary N) is 1. The van der Waals surface area contributed by atoms with Gasteiger partial charge in [-0.05, 0) is 56.4 Å². The number of benzene rings is 2. The number of carbonyl (C=O) groups excluding carboxylic acids is 1. The van der Waals surface area contributed by atoms with E-state index in [4.69, 9.17) is 0 Å².